The predicted octanol–water partition coefficient (Wildman–Crippen LogP) is 5.76. The minimum atomic E-state index is -1.75. The van der Waals surface area contributed by atoms with Crippen LogP contribution in [0, 0.1) is 17.8 Å². The number of ketones is 2. The zero-order valence-corrected chi connectivity index (χ0v) is 33.4. The van der Waals surface area contributed by atoms with Gasteiger partial charge in [-0.3, -0.25) is 14.4 Å². The monoisotopic (exact) mass is 749 g/mol. The number of hydrogen-bond donors (Lipinski definition) is 1. The number of allylic oxidation sites excluding steroid dienone is 1. The van der Waals surface area contributed by atoms with Crippen molar-refractivity contribution < 1.29 is 48.0 Å². The van der Waals surface area contributed by atoms with Gasteiger partial charge in [0, 0.05) is 25.4 Å². The van der Waals surface area contributed by atoms with Gasteiger partial charge in [0.25, 0.3) is 0 Å². The molecule has 2 aliphatic rings. The Kier molecular flexibility index (Phi) is 14.5. The molecule has 0 aromatic heterocycles. The summed E-state index contributed by atoms with van der Waals surface area (Å²) in [5.74, 6) is -5.00. The molecule has 0 bridgehead atoms. The highest BCUT2D eigenvalue weighted by Gasteiger charge is 2.51. The lowest BCUT2D eigenvalue weighted by Gasteiger charge is -2.47. The van der Waals surface area contributed by atoms with Crippen molar-refractivity contribution >= 4 is 23.5 Å². The second kappa shape index (κ2) is 18.3. The van der Waals surface area contributed by atoms with Crippen LogP contribution < -0.4 is 0 Å². The number of carbonyl (C=O) groups is 4. The molecule has 2 aliphatic heterocycles. The van der Waals surface area contributed by atoms with Gasteiger partial charge in [-0.1, -0.05) is 69.3 Å². The Morgan fingerprint density at radius 1 is 0.981 bits per heavy atom. The summed E-state index contributed by atoms with van der Waals surface area (Å²) in [6.07, 6.45) is -2.08. The largest absolute Gasteiger partial charge is 0.458 e. The maximum atomic E-state index is 14.4. The first-order valence-corrected chi connectivity index (χ1v) is 19.0. The van der Waals surface area contributed by atoms with Gasteiger partial charge in [0.05, 0.1) is 29.4 Å². The van der Waals surface area contributed by atoms with Crippen LogP contribution in [0.3, 0.4) is 0 Å². The SMILES string of the molecule is CC[C@H]1OC(=O)[C@H](C)C(=O)[C@H](C)[C@@H](OC2O[C@H](C)C[C@H](N(C)C)[C@H]2OC(=O)c2ccccc2)[C@@](C)(OC)C[C@@H](C)C(=O)/C(C)=C/[C@@]1(O)Cc1ccccc1. The Morgan fingerprint density at radius 3 is 2.17 bits per heavy atom. The molecule has 11 atom stereocenters. The highest BCUT2D eigenvalue weighted by atomic mass is 16.7. The Balaban J connectivity index is 1.79. The van der Waals surface area contributed by atoms with Crippen molar-refractivity contribution in [3.8, 4) is 0 Å². The third-order valence-electron chi connectivity index (χ3n) is 11.1. The third kappa shape index (κ3) is 9.92. The highest BCUT2D eigenvalue weighted by molar-refractivity contribution is 6.00. The third-order valence-corrected chi connectivity index (χ3v) is 11.1. The summed E-state index contributed by atoms with van der Waals surface area (Å²) in [4.78, 5) is 57.8. The molecular weight excluding hydrogens is 690 g/mol. The van der Waals surface area contributed by atoms with Crippen LogP contribution in [0.1, 0.15) is 83.7 Å². The molecule has 54 heavy (non-hydrogen) atoms. The maximum absolute atomic E-state index is 14.4. The number of cyclic esters (lactones) is 1. The van der Waals surface area contributed by atoms with Crippen LogP contribution in [0.2, 0.25) is 0 Å². The standard InChI is InChI=1S/C43H59NO10/c1-11-34-43(49,25-31-18-14-12-15-19-31)24-27(3)35(45)26(2)23-42(7,50-10)38(29(5)36(46)30(6)39(47)52-34)54-41-37(33(44(8)9)22-28(4)51-41)53-40(48)32-20-16-13-17-21-32/h12-21,24,26,28-30,33-34,37-38,41,49H,11,22-23,25H2,1-10H3/b27-24+/t26-,28-,29+,30-,33+,34-,37-,38-,41?,42+,43-/m1/s1. The zero-order valence-electron chi connectivity index (χ0n) is 33.4. The van der Waals surface area contributed by atoms with E-state index in [1.807, 2.05) is 56.3 Å². The fraction of sp³-hybridized carbons (Fsp3) is 0.581. The number of aliphatic hydroxyl groups is 1. The van der Waals surface area contributed by atoms with E-state index in [0.717, 1.165) is 5.56 Å². The highest BCUT2D eigenvalue weighted by Crippen LogP contribution is 2.38. The minimum Gasteiger partial charge on any atom is -0.458 e. The Labute approximate surface area is 320 Å². The van der Waals surface area contributed by atoms with Crippen LogP contribution in [0.4, 0.5) is 0 Å². The molecule has 4 rings (SSSR count). The van der Waals surface area contributed by atoms with Crippen molar-refractivity contribution in [3.63, 3.8) is 0 Å². The maximum Gasteiger partial charge on any atom is 0.338 e. The van der Waals surface area contributed by atoms with E-state index >= 15 is 0 Å². The summed E-state index contributed by atoms with van der Waals surface area (Å²) in [6, 6.07) is 17.6. The van der Waals surface area contributed by atoms with Crippen LogP contribution in [0.25, 0.3) is 0 Å². The summed E-state index contributed by atoms with van der Waals surface area (Å²) in [5, 5.41) is 12.2. The first-order chi connectivity index (χ1) is 25.4. The molecule has 0 spiro atoms. The summed E-state index contributed by atoms with van der Waals surface area (Å²) < 4.78 is 31.5. The summed E-state index contributed by atoms with van der Waals surface area (Å²) in [7, 11) is 5.26. The molecule has 2 heterocycles. The van der Waals surface area contributed by atoms with Gasteiger partial charge in [0.2, 0.25) is 0 Å². The van der Waals surface area contributed by atoms with Crippen LogP contribution in [0.15, 0.2) is 72.3 Å². The molecular formula is C43H59NO10. The molecule has 1 saturated heterocycles. The number of nitrogens with zero attached hydrogens (tertiary/aromatic N) is 1. The topological polar surface area (TPSA) is 138 Å². The first kappa shape index (κ1) is 43.0. The lowest BCUT2D eigenvalue weighted by atomic mass is 9.76. The fourth-order valence-electron chi connectivity index (χ4n) is 7.94. The van der Waals surface area contributed by atoms with Gasteiger partial charge in [0.1, 0.15) is 17.6 Å². The van der Waals surface area contributed by atoms with E-state index in [-0.39, 0.29) is 37.2 Å². The fourth-order valence-corrected chi connectivity index (χ4v) is 7.94. The van der Waals surface area contributed by atoms with Crippen molar-refractivity contribution in [1.29, 1.82) is 0 Å². The number of esters is 2. The van der Waals surface area contributed by atoms with Crippen molar-refractivity contribution in [2.75, 3.05) is 21.2 Å². The summed E-state index contributed by atoms with van der Waals surface area (Å²) in [5.41, 5.74) is -1.60. The number of benzene rings is 2. The molecule has 0 amide bonds. The van der Waals surface area contributed by atoms with E-state index in [1.165, 1.54) is 20.1 Å². The second-order valence-electron chi connectivity index (χ2n) is 15.6. The average Bonchev–Trinajstić information content (AvgIpc) is 3.15. The molecule has 2 aromatic rings. The molecule has 0 aliphatic carbocycles. The van der Waals surface area contributed by atoms with Crippen molar-refractivity contribution in [1.82, 2.24) is 4.90 Å². The number of hydrogen-bond acceptors (Lipinski definition) is 11. The Morgan fingerprint density at radius 2 is 1.59 bits per heavy atom. The molecule has 11 heteroatoms. The second-order valence-corrected chi connectivity index (χ2v) is 15.6. The number of ether oxygens (including phenoxy) is 5. The van der Waals surface area contributed by atoms with Crippen molar-refractivity contribution in [2.24, 2.45) is 17.8 Å². The lowest BCUT2D eigenvalue weighted by molar-refractivity contribution is -0.294. The van der Waals surface area contributed by atoms with Crippen LogP contribution in [0.5, 0.6) is 0 Å². The zero-order chi connectivity index (χ0) is 40.0. The number of carbonyl (C=O) groups excluding carboxylic acids is 4. The van der Waals surface area contributed by atoms with E-state index in [0.29, 0.717) is 17.6 Å². The Hall–Kier alpha value is -3.74. The Bertz CT molecular complexity index is 1630. The van der Waals surface area contributed by atoms with Gasteiger partial charge < -0.3 is 33.7 Å². The van der Waals surface area contributed by atoms with Crippen LogP contribution in [-0.4, -0.2) is 103 Å². The number of likely N-dealkylation sites (N-methyl/N-ethyl adjacent to an activating group) is 1. The summed E-state index contributed by atoms with van der Waals surface area (Å²) >= 11 is 0. The molecule has 1 unspecified atom stereocenters. The molecule has 0 saturated carbocycles. The van der Waals surface area contributed by atoms with Crippen molar-refractivity contribution in [3.05, 3.63) is 83.4 Å². The molecule has 11 nitrogen and oxygen atoms in total. The van der Waals surface area contributed by atoms with Gasteiger partial charge in [-0.05, 0) is 90.4 Å². The lowest BCUT2D eigenvalue weighted by Crippen LogP contribution is -2.60. The molecule has 2 aromatic carbocycles. The smallest absolute Gasteiger partial charge is 0.338 e. The number of Topliss-reactive ketones (excluding diaryl/α,β-unsaturated/α-hetero) is 2. The van der Waals surface area contributed by atoms with Gasteiger partial charge in [-0.25, -0.2) is 4.79 Å². The number of rotatable bonds is 9. The molecule has 0 radical (unpaired) electrons. The van der Waals surface area contributed by atoms with E-state index in [4.69, 9.17) is 23.7 Å². The molecule has 296 valence electrons. The van der Waals surface area contributed by atoms with E-state index < -0.39 is 71.3 Å². The van der Waals surface area contributed by atoms with E-state index in [2.05, 4.69) is 0 Å². The molecule has 1 fully saturated rings. The van der Waals surface area contributed by atoms with Crippen LogP contribution in [-0.2, 0) is 44.5 Å². The minimum absolute atomic E-state index is 0.0762. The normalized spacial score (nSPS) is 35.4. The van der Waals surface area contributed by atoms with E-state index in [1.54, 1.807) is 65.0 Å². The quantitative estimate of drug-likeness (QED) is 0.248. The van der Waals surface area contributed by atoms with Gasteiger partial charge in [-0.15, -0.1) is 0 Å². The first-order valence-electron chi connectivity index (χ1n) is 19.0. The van der Waals surface area contributed by atoms with Crippen molar-refractivity contribution in [2.45, 2.75) is 122 Å². The van der Waals surface area contributed by atoms with Gasteiger partial charge in [0.15, 0.2) is 24.0 Å². The van der Waals surface area contributed by atoms with Crippen LogP contribution >= 0.6 is 0 Å². The van der Waals surface area contributed by atoms with Gasteiger partial charge >= 0.3 is 11.9 Å². The van der Waals surface area contributed by atoms with E-state index in [9.17, 15) is 24.3 Å². The predicted molar refractivity (Wildman–Crippen MR) is 204 cm³/mol. The molecule has 1 N–H and O–H groups in total. The summed E-state index contributed by atoms with van der Waals surface area (Å²) in [6.45, 7) is 12.0. The average molecular weight is 750 g/mol. The van der Waals surface area contributed by atoms with Gasteiger partial charge in [-0.2, -0.15) is 0 Å². The number of methoxy groups -OCH3 is 1.